The van der Waals surface area contributed by atoms with Gasteiger partial charge in [0.05, 0.1) is 7.11 Å². The number of methoxy groups -OCH3 is 1. The summed E-state index contributed by atoms with van der Waals surface area (Å²) in [6.45, 7) is 2.62. The number of hydrogen-bond acceptors (Lipinski definition) is 5. The molecule has 0 amide bonds. The van der Waals surface area contributed by atoms with Crippen LogP contribution in [0.15, 0.2) is 12.1 Å². The third-order valence-corrected chi connectivity index (χ3v) is 2.20. The molecule has 2 N–H and O–H groups in total. The van der Waals surface area contributed by atoms with Gasteiger partial charge in [0.1, 0.15) is 0 Å². The Bertz CT molecular complexity index is 275. The van der Waals surface area contributed by atoms with Crippen molar-refractivity contribution in [3.8, 4) is 5.88 Å². The summed E-state index contributed by atoms with van der Waals surface area (Å²) in [7, 11) is 3.50. The van der Waals surface area contributed by atoms with Crippen LogP contribution in [0, 0.1) is 0 Å². The molecule has 0 spiro atoms. The highest BCUT2D eigenvalue weighted by molar-refractivity contribution is 5.38. The molecule has 1 atom stereocenters. The van der Waals surface area contributed by atoms with Crippen LogP contribution in [0.5, 0.6) is 5.88 Å². The van der Waals surface area contributed by atoms with Crippen molar-refractivity contribution in [2.75, 3.05) is 25.6 Å². The van der Waals surface area contributed by atoms with Crippen LogP contribution in [0.2, 0.25) is 0 Å². The van der Waals surface area contributed by atoms with Crippen LogP contribution in [0.4, 0.5) is 5.82 Å². The number of aromatic nitrogens is 2. The minimum Gasteiger partial charge on any atom is -0.480 e. The Morgan fingerprint density at radius 1 is 1.50 bits per heavy atom. The molecule has 5 nitrogen and oxygen atoms in total. The lowest BCUT2D eigenvalue weighted by atomic mass is 10.3. The summed E-state index contributed by atoms with van der Waals surface area (Å²) in [4.78, 5) is 1.98. The number of likely N-dealkylation sites (N-methyl/N-ethyl adjacent to an activating group) is 1. The molecule has 0 aliphatic carbocycles. The number of anilines is 1. The zero-order valence-corrected chi connectivity index (χ0v) is 8.77. The first-order valence-corrected chi connectivity index (χ1v) is 4.49. The molecule has 0 fully saturated rings. The lowest BCUT2D eigenvalue weighted by Gasteiger charge is -2.23. The maximum Gasteiger partial charge on any atom is 0.233 e. The van der Waals surface area contributed by atoms with Crippen molar-refractivity contribution in [3.63, 3.8) is 0 Å². The van der Waals surface area contributed by atoms with Crippen LogP contribution in [0.3, 0.4) is 0 Å². The standard InChI is InChI=1S/C9H16N4O/c1-7(6-10)13(2)8-4-5-9(14-3)12-11-8/h4-5,7H,6,10H2,1-3H3. The minimum absolute atomic E-state index is 0.248. The minimum atomic E-state index is 0.248. The normalized spacial score (nSPS) is 12.3. The van der Waals surface area contributed by atoms with Gasteiger partial charge in [-0.2, -0.15) is 0 Å². The van der Waals surface area contributed by atoms with E-state index in [1.54, 1.807) is 13.2 Å². The SMILES string of the molecule is COc1ccc(N(C)C(C)CN)nn1. The van der Waals surface area contributed by atoms with Crippen LogP contribution >= 0.6 is 0 Å². The van der Waals surface area contributed by atoms with Crippen LogP contribution in [0.1, 0.15) is 6.92 Å². The average Bonchev–Trinajstić information content (AvgIpc) is 2.27. The van der Waals surface area contributed by atoms with E-state index in [1.165, 1.54) is 0 Å². The summed E-state index contributed by atoms with van der Waals surface area (Å²) < 4.78 is 4.92. The quantitative estimate of drug-likeness (QED) is 0.748. The van der Waals surface area contributed by atoms with E-state index in [1.807, 2.05) is 24.9 Å². The molecule has 14 heavy (non-hydrogen) atoms. The molecule has 1 aromatic rings. The van der Waals surface area contributed by atoms with E-state index in [-0.39, 0.29) is 6.04 Å². The Labute approximate surface area is 83.9 Å². The van der Waals surface area contributed by atoms with Gasteiger partial charge in [0.25, 0.3) is 0 Å². The first-order valence-electron chi connectivity index (χ1n) is 4.49. The summed E-state index contributed by atoms with van der Waals surface area (Å²) >= 11 is 0. The molecule has 1 rings (SSSR count). The fourth-order valence-corrected chi connectivity index (χ4v) is 0.994. The second kappa shape index (κ2) is 4.76. The number of rotatable bonds is 4. The van der Waals surface area contributed by atoms with Gasteiger partial charge in [-0.25, -0.2) is 0 Å². The molecular formula is C9H16N4O. The Morgan fingerprint density at radius 2 is 2.21 bits per heavy atom. The second-order valence-electron chi connectivity index (χ2n) is 3.13. The summed E-state index contributed by atoms with van der Waals surface area (Å²) in [6.07, 6.45) is 0. The van der Waals surface area contributed by atoms with Gasteiger partial charge in [-0.3, -0.25) is 0 Å². The maximum atomic E-state index is 5.55. The van der Waals surface area contributed by atoms with Crippen molar-refractivity contribution in [1.82, 2.24) is 10.2 Å². The maximum absolute atomic E-state index is 5.55. The van der Waals surface area contributed by atoms with Gasteiger partial charge in [-0.1, -0.05) is 0 Å². The van der Waals surface area contributed by atoms with Crippen LogP contribution < -0.4 is 15.4 Å². The Kier molecular flexibility index (Phi) is 3.64. The summed E-state index contributed by atoms with van der Waals surface area (Å²) in [5.74, 6) is 1.31. The molecule has 0 saturated heterocycles. The van der Waals surface area contributed by atoms with Crippen molar-refractivity contribution in [3.05, 3.63) is 12.1 Å². The van der Waals surface area contributed by atoms with E-state index >= 15 is 0 Å². The van der Waals surface area contributed by atoms with Crippen molar-refractivity contribution in [2.24, 2.45) is 5.73 Å². The number of hydrogen-bond donors (Lipinski definition) is 1. The highest BCUT2D eigenvalue weighted by Crippen LogP contribution is 2.12. The van der Waals surface area contributed by atoms with Gasteiger partial charge in [0.2, 0.25) is 5.88 Å². The third kappa shape index (κ3) is 2.32. The number of ether oxygens (including phenoxy) is 1. The van der Waals surface area contributed by atoms with Gasteiger partial charge in [0, 0.05) is 25.7 Å². The molecule has 78 valence electrons. The van der Waals surface area contributed by atoms with Gasteiger partial charge < -0.3 is 15.4 Å². The van der Waals surface area contributed by atoms with E-state index < -0.39 is 0 Å². The number of nitrogens with two attached hydrogens (primary N) is 1. The molecule has 0 aliphatic heterocycles. The van der Waals surface area contributed by atoms with Crippen molar-refractivity contribution < 1.29 is 4.74 Å². The van der Waals surface area contributed by atoms with E-state index in [4.69, 9.17) is 10.5 Å². The average molecular weight is 196 g/mol. The van der Waals surface area contributed by atoms with Crippen molar-refractivity contribution >= 4 is 5.82 Å². The van der Waals surface area contributed by atoms with Crippen LogP contribution in [-0.2, 0) is 0 Å². The third-order valence-electron chi connectivity index (χ3n) is 2.20. The van der Waals surface area contributed by atoms with E-state index in [9.17, 15) is 0 Å². The predicted molar refractivity (Wildman–Crippen MR) is 55.5 cm³/mol. The van der Waals surface area contributed by atoms with E-state index in [2.05, 4.69) is 10.2 Å². The molecule has 1 heterocycles. The first kappa shape index (κ1) is 10.7. The molecule has 0 radical (unpaired) electrons. The zero-order valence-electron chi connectivity index (χ0n) is 8.77. The highest BCUT2D eigenvalue weighted by atomic mass is 16.5. The number of nitrogens with zero attached hydrogens (tertiary/aromatic N) is 3. The summed E-state index contributed by atoms with van der Waals surface area (Å²) in [5.41, 5.74) is 5.55. The zero-order chi connectivity index (χ0) is 10.6. The van der Waals surface area contributed by atoms with E-state index in [0.29, 0.717) is 12.4 Å². The molecule has 1 aromatic heterocycles. The molecule has 5 heteroatoms. The Balaban J connectivity index is 2.75. The largest absolute Gasteiger partial charge is 0.480 e. The smallest absolute Gasteiger partial charge is 0.233 e. The molecule has 0 bridgehead atoms. The lowest BCUT2D eigenvalue weighted by Crippen LogP contribution is -2.35. The predicted octanol–water partition coefficient (Wildman–Crippen LogP) is 0.269. The highest BCUT2D eigenvalue weighted by Gasteiger charge is 2.09. The van der Waals surface area contributed by atoms with Gasteiger partial charge in [-0.15, -0.1) is 10.2 Å². The van der Waals surface area contributed by atoms with E-state index in [0.717, 1.165) is 5.82 Å². The monoisotopic (exact) mass is 196 g/mol. The van der Waals surface area contributed by atoms with Gasteiger partial charge >= 0.3 is 0 Å². The fraction of sp³-hybridized carbons (Fsp3) is 0.556. The van der Waals surface area contributed by atoms with Gasteiger partial charge in [0.15, 0.2) is 5.82 Å². The lowest BCUT2D eigenvalue weighted by molar-refractivity contribution is 0.392. The van der Waals surface area contributed by atoms with Crippen molar-refractivity contribution in [1.29, 1.82) is 0 Å². The topological polar surface area (TPSA) is 64.3 Å². The molecule has 0 aliphatic rings. The Morgan fingerprint density at radius 3 is 2.64 bits per heavy atom. The first-order chi connectivity index (χ1) is 6.69. The Hall–Kier alpha value is -1.36. The molecular weight excluding hydrogens is 180 g/mol. The summed E-state index contributed by atoms with van der Waals surface area (Å²) in [5, 5.41) is 7.89. The summed E-state index contributed by atoms with van der Waals surface area (Å²) in [6, 6.07) is 3.89. The van der Waals surface area contributed by atoms with Crippen LogP contribution in [0.25, 0.3) is 0 Å². The van der Waals surface area contributed by atoms with Gasteiger partial charge in [-0.05, 0) is 13.0 Å². The molecule has 0 aromatic carbocycles. The van der Waals surface area contributed by atoms with Crippen LogP contribution in [-0.4, -0.2) is 36.9 Å². The molecule has 1 unspecified atom stereocenters. The molecule has 0 saturated carbocycles. The second-order valence-corrected chi connectivity index (χ2v) is 3.13. The van der Waals surface area contributed by atoms with Crippen molar-refractivity contribution in [2.45, 2.75) is 13.0 Å². The fourth-order valence-electron chi connectivity index (χ4n) is 0.994.